The number of halogens is 1. The third-order valence-electron chi connectivity index (χ3n) is 7.82. The van der Waals surface area contributed by atoms with E-state index in [4.69, 9.17) is 23.9 Å². The number of nitrogens with zero attached hydrogens (tertiary/aromatic N) is 3. The van der Waals surface area contributed by atoms with Gasteiger partial charge in [0.2, 0.25) is 21.5 Å². The van der Waals surface area contributed by atoms with Crippen molar-refractivity contribution in [3.63, 3.8) is 0 Å². The molecular formula is C34H34FN3O6S. The lowest BCUT2D eigenvalue weighted by Crippen LogP contribution is -2.49. The van der Waals surface area contributed by atoms with Crippen LogP contribution in [0.5, 0.6) is 17.2 Å². The molecule has 0 N–H and O–H groups in total. The van der Waals surface area contributed by atoms with E-state index in [9.17, 15) is 8.42 Å². The highest BCUT2D eigenvalue weighted by atomic mass is 32.2. The fourth-order valence-electron chi connectivity index (χ4n) is 5.31. The van der Waals surface area contributed by atoms with E-state index >= 15 is 4.39 Å². The highest BCUT2D eigenvalue weighted by Gasteiger charge is 2.40. The number of fused-ring (bicyclic) bond motifs is 1. The summed E-state index contributed by atoms with van der Waals surface area (Å²) in [4.78, 5) is 4.93. The highest BCUT2D eigenvalue weighted by Crippen LogP contribution is 2.47. The number of sulfonamides is 1. The molecule has 0 amide bonds. The zero-order valence-corrected chi connectivity index (χ0v) is 26.3. The molecule has 0 aliphatic carbocycles. The Hall–Kier alpha value is -4.45. The molecule has 1 aromatic heterocycles. The average Bonchev–Trinajstić information content (AvgIpc) is 3.42. The van der Waals surface area contributed by atoms with Crippen molar-refractivity contribution >= 4 is 21.1 Å². The maximum atomic E-state index is 16.9. The van der Waals surface area contributed by atoms with Crippen molar-refractivity contribution in [3.8, 4) is 28.6 Å². The third-order valence-corrected chi connectivity index (χ3v) is 9.64. The quantitative estimate of drug-likeness (QED) is 0.177. The van der Waals surface area contributed by atoms with Gasteiger partial charge in [0.05, 0.1) is 47.4 Å². The molecule has 0 unspecified atom stereocenters. The minimum absolute atomic E-state index is 0.0831. The fraction of sp³-hybridized carbons (Fsp3) is 0.265. The smallest absolute Gasteiger partial charge is 0.242 e. The average molecular weight is 632 g/mol. The molecule has 234 valence electrons. The molecule has 1 aliphatic heterocycles. The number of imidazole rings is 1. The third kappa shape index (κ3) is 5.74. The van der Waals surface area contributed by atoms with Gasteiger partial charge in [-0.15, -0.1) is 0 Å². The molecule has 1 aliphatic rings. The van der Waals surface area contributed by atoms with Crippen molar-refractivity contribution in [1.29, 1.82) is 0 Å². The van der Waals surface area contributed by atoms with Crippen LogP contribution in [-0.4, -0.2) is 56.7 Å². The van der Waals surface area contributed by atoms with Crippen LogP contribution in [0.1, 0.15) is 18.1 Å². The molecule has 1 fully saturated rings. The van der Waals surface area contributed by atoms with Crippen molar-refractivity contribution in [3.05, 3.63) is 102 Å². The van der Waals surface area contributed by atoms with Gasteiger partial charge in [0, 0.05) is 14.1 Å². The Morgan fingerprint density at radius 1 is 0.911 bits per heavy atom. The van der Waals surface area contributed by atoms with Crippen molar-refractivity contribution in [2.45, 2.75) is 30.6 Å². The van der Waals surface area contributed by atoms with Crippen molar-refractivity contribution < 1.29 is 31.8 Å². The van der Waals surface area contributed by atoms with Crippen molar-refractivity contribution in [1.82, 2.24) is 13.9 Å². The standard InChI is InChI=1S/C34H34FN3O6S/c1-34(21-42-22-34)38-28-17-25(45(39,40)37(2)3)15-16-27(28)36-33(38)26-18-29(41-4)31(43-19-23-11-7-5-8-12-23)32(30(26)35)44-20-24-13-9-6-10-14-24/h5-18H,19-22H2,1-4H3. The summed E-state index contributed by atoms with van der Waals surface area (Å²) in [5, 5.41) is 0. The number of methoxy groups -OCH3 is 1. The van der Waals surface area contributed by atoms with Gasteiger partial charge in [0.25, 0.3) is 0 Å². The Balaban J connectivity index is 1.53. The maximum Gasteiger partial charge on any atom is 0.242 e. The molecule has 2 heterocycles. The first-order chi connectivity index (χ1) is 21.6. The van der Waals surface area contributed by atoms with Crippen molar-refractivity contribution in [2.75, 3.05) is 34.4 Å². The molecular weight excluding hydrogens is 597 g/mol. The van der Waals surface area contributed by atoms with E-state index in [1.807, 2.05) is 72.2 Å². The lowest BCUT2D eigenvalue weighted by atomic mass is 9.98. The van der Waals surface area contributed by atoms with Gasteiger partial charge in [-0.3, -0.25) is 0 Å². The fourth-order valence-corrected chi connectivity index (χ4v) is 6.24. The van der Waals surface area contributed by atoms with E-state index < -0.39 is 21.4 Å². The molecule has 5 aromatic rings. The predicted molar refractivity (Wildman–Crippen MR) is 169 cm³/mol. The molecule has 11 heteroatoms. The Morgan fingerprint density at radius 2 is 1.51 bits per heavy atom. The molecule has 9 nitrogen and oxygen atoms in total. The number of rotatable bonds is 11. The number of hydrogen-bond donors (Lipinski definition) is 0. The Labute approximate surface area is 261 Å². The van der Waals surface area contributed by atoms with E-state index in [0.717, 1.165) is 15.4 Å². The van der Waals surface area contributed by atoms with Gasteiger partial charge in [0.1, 0.15) is 19.0 Å². The number of hydrogen-bond acceptors (Lipinski definition) is 7. The van der Waals surface area contributed by atoms with E-state index in [1.165, 1.54) is 27.3 Å². The van der Waals surface area contributed by atoms with Gasteiger partial charge < -0.3 is 23.5 Å². The summed E-state index contributed by atoms with van der Waals surface area (Å²) in [6.07, 6.45) is 0. The predicted octanol–water partition coefficient (Wildman–Crippen LogP) is 6.00. The summed E-state index contributed by atoms with van der Waals surface area (Å²) >= 11 is 0. The van der Waals surface area contributed by atoms with Crippen LogP contribution < -0.4 is 14.2 Å². The topological polar surface area (TPSA) is 92.1 Å². The number of aromatic nitrogens is 2. The normalized spacial score (nSPS) is 14.4. The molecule has 6 rings (SSSR count). The van der Waals surface area contributed by atoms with E-state index in [1.54, 1.807) is 18.2 Å². The highest BCUT2D eigenvalue weighted by molar-refractivity contribution is 7.89. The molecule has 1 saturated heterocycles. The number of ether oxygens (including phenoxy) is 4. The van der Waals surface area contributed by atoms with Crippen LogP contribution in [0.3, 0.4) is 0 Å². The van der Waals surface area contributed by atoms with Crippen LogP contribution in [0.25, 0.3) is 22.4 Å². The summed E-state index contributed by atoms with van der Waals surface area (Å²) in [6.45, 7) is 2.89. The molecule has 0 atom stereocenters. The second-order valence-corrected chi connectivity index (χ2v) is 13.5. The zero-order chi connectivity index (χ0) is 31.8. The molecule has 45 heavy (non-hydrogen) atoms. The largest absolute Gasteiger partial charge is 0.493 e. The monoisotopic (exact) mass is 631 g/mol. The molecule has 0 saturated carbocycles. The molecule has 0 spiro atoms. The van der Waals surface area contributed by atoms with Gasteiger partial charge >= 0.3 is 0 Å². The first-order valence-corrected chi connectivity index (χ1v) is 15.8. The lowest BCUT2D eigenvalue weighted by molar-refractivity contribution is -0.0868. The van der Waals surface area contributed by atoms with E-state index in [0.29, 0.717) is 24.2 Å². The van der Waals surface area contributed by atoms with Crippen LogP contribution in [0.15, 0.2) is 89.8 Å². The van der Waals surface area contributed by atoms with Crippen LogP contribution in [0.4, 0.5) is 4.39 Å². The Bertz CT molecular complexity index is 1940. The van der Waals surface area contributed by atoms with Crippen molar-refractivity contribution in [2.24, 2.45) is 0 Å². The van der Waals surface area contributed by atoms with Gasteiger partial charge in [-0.05, 0) is 42.3 Å². The maximum absolute atomic E-state index is 16.9. The molecule has 0 bridgehead atoms. The van der Waals surface area contributed by atoms with Gasteiger partial charge in [-0.25, -0.2) is 22.1 Å². The summed E-state index contributed by atoms with van der Waals surface area (Å²) < 4.78 is 69.6. The first-order valence-electron chi connectivity index (χ1n) is 14.4. The van der Waals surface area contributed by atoms with Gasteiger partial charge in [-0.2, -0.15) is 0 Å². The SMILES string of the molecule is COc1cc(-c2nc3ccc(S(=O)(=O)N(C)C)cc3n2C2(C)COC2)c(F)c(OCc2ccccc2)c1OCc1ccccc1. The minimum atomic E-state index is -3.74. The Kier molecular flexibility index (Phi) is 8.25. The van der Waals surface area contributed by atoms with Crippen LogP contribution in [-0.2, 0) is 33.5 Å². The van der Waals surface area contributed by atoms with E-state index in [2.05, 4.69) is 0 Å². The summed E-state index contributed by atoms with van der Waals surface area (Å²) in [5.74, 6) is -0.135. The minimum Gasteiger partial charge on any atom is -0.493 e. The second kappa shape index (κ2) is 12.2. The lowest BCUT2D eigenvalue weighted by Gasteiger charge is -2.41. The van der Waals surface area contributed by atoms with E-state index in [-0.39, 0.29) is 46.7 Å². The Morgan fingerprint density at radius 3 is 2.04 bits per heavy atom. The van der Waals surface area contributed by atoms with Crippen LogP contribution in [0, 0.1) is 5.82 Å². The molecule has 0 radical (unpaired) electrons. The van der Waals surface area contributed by atoms with Gasteiger partial charge in [-0.1, -0.05) is 60.7 Å². The number of benzene rings is 4. The summed E-state index contributed by atoms with van der Waals surface area (Å²) in [7, 11) is 0.695. The van der Waals surface area contributed by atoms with Crippen LogP contribution >= 0.6 is 0 Å². The van der Waals surface area contributed by atoms with Crippen LogP contribution in [0.2, 0.25) is 0 Å². The van der Waals surface area contributed by atoms with Gasteiger partial charge in [0.15, 0.2) is 11.6 Å². The second-order valence-electron chi connectivity index (χ2n) is 11.3. The zero-order valence-electron chi connectivity index (χ0n) is 25.5. The first kappa shape index (κ1) is 30.6. The summed E-state index contributed by atoms with van der Waals surface area (Å²) in [6, 6.07) is 25.2. The molecule has 4 aromatic carbocycles. The summed E-state index contributed by atoms with van der Waals surface area (Å²) in [5.41, 5.74) is 2.28.